The van der Waals surface area contributed by atoms with Gasteiger partial charge in [-0.2, -0.15) is 0 Å². The molecule has 1 aromatic heterocycles. The molecule has 1 aromatic rings. The highest BCUT2D eigenvalue weighted by Crippen LogP contribution is 2.38. The molecule has 72 valence electrons. The summed E-state index contributed by atoms with van der Waals surface area (Å²) in [6, 6.07) is 0. The Bertz CT molecular complexity index is 268. The van der Waals surface area contributed by atoms with Crippen LogP contribution in [-0.2, 0) is 6.42 Å². The number of hydrogen-bond donors (Lipinski definition) is 1. The van der Waals surface area contributed by atoms with Gasteiger partial charge in [0, 0.05) is 12.3 Å². The van der Waals surface area contributed by atoms with Crippen LogP contribution in [0.1, 0.15) is 37.0 Å². The van der Waals surface area contributed by atoms with Gasteiger partial charge in [-0.15, -0.1) is 10.2 Å². The SMILES string of the molecule is CNCCCc1nnc(C2CC2)o1. The fraction of sp³-hybridized carbons (Fsp3) is 0.778. The lowest BCUT2D eigenvalue weighted by molar-refractivity contribution is 0.444. The zero-order valence-corrected chi connectivity index (χ0v) is 7.92. The highest BCUT2D eigenvalue weighted by Gasteiger charge is 2.29. The van der Waals surface area contributed by atoms with Crippen molar-refractivity contribution in [2.45, 2.75) is 31.6 Å². The van der Waals surface area contributed by atoms with E-state index in [0.717, 1.165) is 31.2 Å². The Morgan fingerprint density at radius 1 is 1.46 bits per heavy atom. The summed E-state index contributed by atoms with van der Waals surface area (Å²) in [4.78, 5) is 0. The van der Waals surface area contributed by atoms with Crippen LogP contribution in [-0.4, -0.2) is 23.8 Å². The molecule has 1 heterocycles. The van der Waals surface area contributed by atoms with Gasteiger partial charge in [-0.25, -0.2) is 0 Å². The quantitative estimate of drug-likeness (QED) is 0.691. The summed E-state index contributed by atoms with van der Waals surface area (Å²) in [5.41, 5.74) is 0. The molecule has 0 radical (unpaired) electrons. The summed E-state index contributed by atoms with van der Waals surface area (Å²) in [5, 5.41) is 11.1. The summed E-state index contributed by atoms with van der Waals surface area (Å²) >= 11 is 0. The number of aromatic nitrogens is 2. The third-order valence-electron chi connectivity index (χ3n) is 2.23. The second-order valence-corrected chi connectivity index (χ2v) is 3.52. The van der Waals surface area contributed by atoms with Gasteiger partial charge >= 0.3 is 0 Å². The lowest BCUT2D eigenvalue weighted by Crippen LogP contribution is -2.08. The highest BCUT2D eigenvalue weighted by atomic mass is 16.4. The van der Waals surface area contributed by atoms with E-state index in [1.807, 2.05) is 7.05 Å². The molecule has 0 aromatic carbocycles. The van der Waals surface area contributed by atoms with Crippen LogP contribution < -0.4 is 5.32 Å². The Labute approximate surface area is 77.7 Å². The van der Waals surface area contributed by atoms with Crippen molar-refractivity contribution in [3.8, 4) is 0 Å². The minimum absolute atomic E-state index is 0.575. The molecule has 0 saturated heterocycles. The van der Waals surface area contributed by atoms with Crippen molar-refractivity contribution in [1.82, 2.24) is 15.5 Å². The predicted molar refractivity (Wildman–Crippen MR) is 48.5 cm³/mol. The fourth-order valence-electron chi connectivity index (χ4n) is 1.28. The topological polar surface area (TPSA) is 51.0 Å². The average molecular weight is 181 g/mol. The molecule has 1 saturated carbocycles. The standard InChI is InChI=1S/C9H15N3O/c1-10-6-2-3-8-11-12-9(13-8)7-4-5-7/h7,10H,2-6H2,1H3. The Morgan fingerprint density at radius 2 is 2.31 bits per heavy atom. The number of hydrogen-bond acceptors (Lipinski definition) is 4. The maximum atomic E-state index is 5.50. The van der Waals surface area contributed by atoms with Crippen molar-refractivity contribution in [1.29, 1.82) is 0 Å². The van der Waals surface area contributed by atoms with Crippen LogP contribution >= 0.6 is 0 Å². The molecule has 13 heavy (non-hydrogen) atoms. The molecule has 0 amide bonds. The van der Waals surface area contributed by atoms with Crippen LogP contribution in [0.15, 0.2) is 4.42 Å². The van der Waals surface area contributed by atoms with Gasteiger partial charge in [-0.05, 0) is 32.9 Å². The number of rotatable bonds is 5. The highest BCUT2D eigenvalue weighted by molar-refractivity contribution is 5.00. The number of nitrogens with zero attached hydrogens (tertiary/aromatic N) is 2. The molecule has 0 spiro atoms. The maximum absolute atomic E-state index is 5.50. The van der Waals surface area contributed by atoms with E-state index in [9.17, 15) is 0 Å². The van der Waals surface area contributed by atoms with Crippen molar-refractivity contribution in [3.63, 3.8) is 0 Å². The lowest BCUT2D eigenvalue weighted by Gasteiger charge is -1.94. The smallest absolute Gasteiger partial charge is 0.219 e. The molecule has 0 atom stereocenters. The van der Waals surface area contributed by atoms with Gasteiger partial charge in [0.1, 0.15) is 0 Å². The van der Waals surface area contributed by atoms with Crippen molar-refractivity contribution in [2.24, 2.45) is 0 Å². The van der Waals surface area contributed by atoms with E-state index in [-0.39, 0.29) is 0 Å². The first-order chi connectivity index (χ1) is 6.40. The first-order valence-corrected chi connectivity index (χ1v) is 4.87. The first kappa shape index (κ1) is 8.69. The van der Waals surface area contributed by atoms with Crippen molar-refractivity contribution in [3.05, 3.63) is 11.8 Å². The zero-order valence-electron chi connectivity index (χ0n) is 7.92. The van der Waals surface area contributed by atoms with E-state index in [1.54, 1.807) is 0 Å². The predicted octanol–water partition coefficient (Wildman–Crippen LogP) is 1.10. The third kappa shape index (κ3) is 2.28. The Hall–Kier alpha value is -0.900. The Balaban J connectivity index is 1.82. The molecule has 2 rings (SSSR count). The molecule has 1 aliphatic rings. The van der Waals surface area contributed by atoms with E-state index in [4.69, 9.17) is 4.42 Å². The molecule has 0 aliphatic heterocycles. The molecule has 1 aliphatic carbocycles. The van der Waals surface area contributed by atoms with Crippen LogP contribution in [0.25, 0.3) is 0 Å². The fourth-order valence-corrected chi connectivity index (χ4v) is 1.28. The molecule has 1 N–H and O–H groups in total. The van der Waals surface area contributed by atoms with Gasteiger partial charge in [-0.1, -0.05) is 0 Å². The van der Waals surface area contributed by atoms with Crippen LogP contribution in [0, 0.1) is 0 Å². The average Bonchev–Trinajstić information content (AvgIpc) is 2.88. The van der Waals surface area contributed by atoms with Gasteiger partial charge in [0.15, 0.2) is 0 Å². The van der Waals surface area contributed by atoms with E-state index in [1.165, 1.54) is 12.8 Å². The molecule has 1 fully saturated rings. The number of nitrogens with one attached hydrogen (secondary N) is 1. The Morgan fingerprint density at radius 3 is 3.00 bits per heavy atom. The first-order valence-electron chi connectivity index (χ1n) is 4.87. The van der Waals surface area contributed by atoms with Gasteiger partial charge in [0.05, 0.1) is 0 Å². The largest absolute Gasteiger partial charge is 0.425 e. The van der Waals surface area contributed by atoms with Crippen molar-refractivity contribution in [2.75, 3.05) is 13.6 Å². The second-order valence-electron chi connectivity index (χ2n) is 3.52. The van der Waals surface area contributed by atoms with Crippen LogP contribution in [0.3, 0.4) is 0 Å². The second kappa shape index (κ2) is 3.87. The summed E-state index contributed by atoms with van der Waals surface area (Å²) in [7, 11) is 1.95. The summed E-state index contributed by atoms with van der Waals surface area (Å²) in [6.07, 6.45) is 4.39. The molecule has 0 unspecified atom stereocenters. The van der Waals surface area contributed by atoms with Crippen LogP contribution in [0.2, 0.25) is 0 Å². The van der Waals surface area contributed by atoms with E-state index >= 15 is 0 Å². The molecular formula is C9H15N3O. The molecule has 4 nitrogen and oxygen atoms in total. The van der Waals surface area contributed by atoms with Crippen molar-refractivity contribution < 1.29 is 4.42 Å². The normalized spacial score (nSPS) is 16.4. The van der Waals surface area contributed by atoms with Gasteiger partial charge in [0.25, 0.3) is 0 Å². The van der Waals surface area contributed by atoms with E-state index < -0.39 is 0 Å². The number of aryl methyl sites for hydroxylation is 1. The lowest BCUT2D eigenvalue weighted by atomic mass is 10.3. The van der Waals surface area contributed by atoms with Gasteiger partial charge < -0.3 is 9.73 Å². The minimum atomic E-state index is 0.575. The van der Waals surface area contributed by atoms with Gasteiger partial charge in [-0.3, -0.25) is 0 Å². The van der Waals surface area contributed by atoms with Crippen LogP contribution in [0.5, 0.6) is 0 Å². The molecule has 0 bridgehead atoms. The third-order valence-corrected chi connectivity index (χ3v) is 2.23. The Kier molecular flexibility index (Phi) is 2.59. The van der Waals surface area contributed by atoms with Crippen molar-refractivity contribution >= 4 is 0 Å². The monoisotopic (exact) mass is 181 g/mol. The molecule has 4 heteroatoms. The van der Waals surface area contributed by atoms with E-state index in [0.29, 0.717) is 5.92 Å². The zero-order chi connectivity index (χ0) is 9.10. The van der Waals surface area contributed by atoms with E-state index in [2.05, 4.69) is 15.5 Å². The summed E-state index contributed by atoms with van der Waals surface area (Å²) in [5.74, 6) is 2.21. The van der Waals surface area contributed by atoms with Gasteiger partial charge in [0.2, 0.25) is 11.8 Å². The summed E-state index contributed by atoms with van der Waals surface area (Å²) in [6.45, 7) is 1.00. The minimum Gasteiger partial charge on any atom is -0.425 e. The van der Waals surface area contributed by atoms with Crippen LogP contribution in [0.4, 0.5) is 0 Å². The maximum Gasteiger partial charge on any atom is 0.219 e. The summed E-state index contributed by atoms with van der Waals surface area (Å²) < 4.78 is 5.50. The molecular weight excluding hydrogens is 166 g/mol.